The summed E-state index contributed by atoms with van der Waals surface area (Å²) in [5.74, 6) is -1.20. The molecule has 1 aromatic heterocycles. The molecule has 1 N–H and O–H groups in total. The molecule has 0 spiro atoms. The van der Waals surface area contributed by atoms with Gasteiger partial charge in [-0.25, -0.2) is 0 Å². The van der Waals surface area contributed by atoms with Crippen LogP contribution in [0.5, 0.6) is 0 Å². The number of carboxylic acid groups (broad SMARTS) is 1. The Morgan fingerprint density at radius 2 is 2.27 bits per heavy atom. The molecule has 0 saturated carbocycles. The molecule has 3 nitrogen and oxygen atoms in total. The van der Waals surface area contributed by atoms with Crippen LogP contribution in [0, 0.1) is 0 Å². The van der Waals surface area contributed by atoms with E-state index < -0.39 is 11.9 Å². The quantitative estimate of drug-likeness (QED) is 0.836. The molecule has 0 radical (unpaired) electrons. The Labute approximate surface area is 87.3 Å². The molecular weight excluding hydrogens is 192 g/mol. The van der Waals surface area contributed by atoms with Crippen molar-refractivity contribution in [1.82, 2.24) is 0 Å². The largest absolute Gasteiger partial charge is 0.481 e. The number of carboxylic acids is 1. The first-order valence-electron chi connectivity index (χ1n) is 4.92. The predicted molar refractivity (Wildman–Crippen MR) is 56.9 cm³/mol. The standard InChI is InChI=1S/C12H12O3/c1-2-10(12(13)14)8-3-4-11-9(7-8)5-6-15-11/h3-7,10H,2H2,1H3,(H,13,14). The van der Waals surface area contributed by atoms with Crippen LogP contribution in [0.15, 0.2) is 34.9 Å². The molecule has 2 rings (SSSR count). The topological polar surface area (TPSA) is 50.4 Å². The zero-order chi connectivity index (χ0) is 10.8. The van der Waals surface area contributed by atoms with Gasteiger partial charge in [0.15, 0.2) is 0 Å². The fourth-order valence-electron chi connectivity index (χ4n) is 1.75. The lowest BCUT2D eigenvalue weighted by Crippen LogP contribution is -2.10. The highest BCUT2D eigenvalue weighted by Crippen LogP contribution is 2.24. The van der Waals surface area contributed by atoms with E-state index in [4.69, 9.17) is 9.52 Å². The first-order valence-corrected chi connectivity index (χ1v) is 4.92. The first kappa shape index (κ1) is 9.77. The van der Waals surface area contributed by atoms with Crippen molar-refractivity contribution in [2.24, 2.45) is 0 Å². The van der Waals surface area contributed by atoms with Crippen molar-refractivity contribution in [3.05, 3.63) is 36.1 Å². The van der Waals surface area contributed by atoms with Gasteiger partial charge in [-0.2, -0.15) is 0 Å². The Morgan fingerprint density at radius 1 is 1.47 bits per heavy atom. The zero-order valence-corrected chi connectivity index (χ0v) is 8.43. The molecule has 0 aliphatic rings. The van der Waals surface area contributed by atoms with E-state index >= 15 is 0 Å². The number of aliphatic carboxylic acids is 1. The van der Waals surface area contributed by atoms with Gasteiger partial charge >= 0.3 is 5.97 Å². The Balaban J connectivity index is 2.46. The van der Waals surface area contributed by atoms with Crippen LogP contribution in [0.4, 0.5) is 0 Å². The van der Waals surface area contributed by atoms with Crippen molar-refractivity contribution in [3.8, 4) is 0 Å². The number of hydrogen-bond donors (Lipinski definition) is 1. The number of furan rings is 1. The van der Waals surface area contributed by atoms with E-state index in [9.17, 15) is 4.79 Å². The van der Waals surface area contributed by atoms with Crippen LogP contribution in [-0.4, -0.2) is 11.1 Å². The van der Waals surface area contributed by atoms with Gasteiger partial charge in [-0.15, -0.1) is 0 Å². The average molecular weight is 204 g/mol. The van der Waals surface area contributed by atoms with E-state index in [1.54, 1.807) is 6.26 Å². The number of rotatable bonds is 3. The number of hydrogen-bond acceptors (Lipinski definition) is 2. The van der Waals surface area contributed by atoms with Gasteiger partial charge in [0.25, 0.3) is 0 Å². The van der Waals surface area contributed by atoms with E-state index in [-0.39, 0.29) is 0 Å². The highest BCUT2D eigenvalue weighted by molar-refractivity contribution is 5.82. The number of carbonyl (C=O) groups is 1. The molecular formula is C12H12O3. The molecule has 0 amide bonds. The van der Waals surface area contributed by atoms with Crippen LogP contribution in [-0.2, 0) is 4.79 Å². The van der Waals surface area contributed by atoms with Gasteiger partial charge < -0.3 is 9.52 Å². The summed E-state index contributed by atoms with van der Waals surface area (Å²) in [5.41, 5.74) is 1.62. The van der Waals surface area contributed by atoms with Gasteiger partial charge in [0.05, 0.1) is 12.2 Å². The molecule has 0 bridgehead atoms. The van der Waals surface area contributed by atoms with E-state index in [0.717, 1.165) is 16.5 Å². The van der Waals surface area contributed by atoms with Crippen LogP contribution in [0.2, 0.25) is 0 Å². The lowest BCUT2D eigenvalue weighted by molar-refractivity contribution is -0.138. The molecule has 0 aliphatic heterocycles. The van der Waals surface area contributed by atoms with Crippen LogP contribution in [0.25, 0.3) is 11.0 Å². The molecule has 1 unspecified atom stereocenters. The average Bonchev–Trinajstić information content (AvgIpc) is 2.65. The third-order valence-corrected chi connectivity index (χ3v) is 2.59. The fourth-order valence-corrected chi connectivity index (χ4v) is 1.75. The van der Waals surface area contributed by atoms with Crippen LogP contribution < -0.4 is 0 Å². The Kier molecular flexibility index (Phi) is 2.46. The minimum Gasteiger partial charge on any atom is -0.481 e. The summed E-state index contributed by atoms with van der Waals surface area (Å²) < 4.78 is 5.20. The van der Waals surface area contributed by atoms with Gasteiger partial charge in [-0.05, 0) is 30.2 Å². The van der Waals surface area contributed by atoms with E-state index in [1.807, 2.05) is 31.2 Å². The lowest BCUT2D eigenvalue weighted by atomic mass is 9.96. The molecule has 3 heteroatoms. The lowest BCUT2D eigenvalue weighted by Gasteiger charge is -2.09. The molecule has 78 valence electrons. The molecule has 0 saturated heterocycles. The zero-order valence-electron chi connectivity index (χ0n) is 8.43. The van der Waals surface area contributed by atoms with Gasteiger partial charge in [0, 0.05) is 5.39 Å². The summed E-state index contributed by atoms with van der Waals surface area (Å²) in [5, 5.41) is 9.98. The van der Waals surface area contributed by atoms with Crippen molar-refractivity contribution < 1.29 is 14.3 Å². The monoisotopic (exact) mass is 204 g/mol. The Morgan fingerprint density at radius 3 is 2.93 bits per heavy atom. The predicted octanol–water partition coefficient (Wildman–Crippen LogP) is 3.01. The van der Waals surface area contributed by atoms with E-state index in [1.165, 1.54) is 0 Å². The minimum absolute atomic E-state index is 0.427. The second-order valence-corrected chi connectivity index (χ2v) is 3.52. The maximum Gasteiger partial charge on any atom is 0.310 e. The second kappa shape index (κ2) is 3.77. The summed E-state index contributed by atoms with van der Waals surface area (Å²) in [6.45, 7) is 1.87. The molecule has 0 fully saturated rings. The van der Waals surface area contributed by atoms with Crippen molar-refractivity contribution in [3.63, 3.8) is 0 Å². The Hall–Kier alpha value is -1.77. The summed E-state index contributed by atoms with van der Waals surface area (Å²) >= 11 is 0. The van der Waals surface area contributed by atoms with Crippen LogP contribution >= 0.6 is 0 Å². The summed E-state index contributed by atoms with van der Waals surface area (Å²) in [7, 11) is 0. The van der Waals surface area contributed by atoms with Crippen molar-refractivity contribution in [2.45, 2.75) is 19.3 Å². The fraction of sp³-hybridized carbons (Fsp3) is 0.250. The molecule has 1 atom stereocenters. The summed E-state index contributed by atoms with van der Waals surface area (Å²) in [6.07, 6.45) is 2.20. The number of fused-ring (bicyclic) bond motifs is 1. The van der Waals surface area contributed by atoms with Crippen molar-refractivity contribution in [1.29, 1.82) is 0 Å². The van der Waals surface area contributed by atoms with Crippen LogP contribution in [0.1, 0.15) is 24.8 Å². The van der Waals surface area contributed by atoms with Gasteiger partial charge in [0.1, 0.15) is 5.58 Å². The third-order valence-electron chi connectivity index (χ3n) is 2.59. The first-order chi connectivity index (χ1) is 7.22. The van der Waals surface area contributed by atoms with Gasteiger partial charge in [-0.1, -0.05) is 13.0 Å². The van der Waals surface area contributed by atoms with E-state index in [2.05, 4.69) is 0 Å². The van der Waals surface area contributed by atoms with Crippen LogP contribution in [0.3, 0.4) is 0 Å². The Bertz CT molecular complexity index is 484. The SMILES string of the molecule is CCC(C(=O)O)c1ccc2occc2c1. The van der Waals surface area contributed by atoms with Crippen molar-refractivity contribution in [2.75, 3.05) is 0 Å². The highest BCUT2D eigenvalue weighted by Gasteiger charge is 2.17. The molecule has 0 aliphatic carbocycles. The summed E-state index contributed by atoms with van der Waals surface area (Å²) in [6, 6.07) is 7.35. The normalized spacial score (nSPS) is 12.9. The van der Waals surface area contributed by atoms with Gasteiger partial charge in [0.2, 0.25) is 0 Å². The summed E-state index contributed by atoms with van der Waals surface area (Å²) in [4.78, 5) is 11.0. The second-order valence-electron chi connectivity index (χ2n) is 3.52. The maximum atomic E-state index is 11.0. The molecule has 15 heavy (non-hydrogen) atoms. The minimum atomic E-state index is -0.777. The highest BCUT2D eigenvalue weighted by atomic mass is 16.4. The van der Waals surface area contributed by atoms with E-state index in [0.29, 0.717) is 6.42 Å². The van der Waals surface area contributed by atoms with Crippen molar-refractivity contribution >= 4 is 16.9 Å². The molecule has 1 aromatic carbocycles. The smallest absolute Gasteiger partial charge is 0.310 e. The molecule has 1 heterocycles. The number of benzene rings is 1. The van der Waals surface area contributed by atoms with Gasteiger partial charge in [-0.3, -0.25) is 4.79 Å². The maximum absolute atomic E-state index is 11.0. The third kappa shape index (κ3) is 1.73. The molecule has 2 aromatic rings.